The van der Waals surface area contributed by atoms with Gasteiger partial charge < -0.3 is 20.1 Å². The summed E-state index contributed by atoms with van der Waals surface area (Å²) in [5.41, 5.74) is 1.09. The molecule has 1 aliphatic rings. The number of benzene rings is 1. The second-order valence-corrected chi connectivity index (χ2v) is 4.28. The Morgan fingerprint density at radius 3 is 2.82 bits per heavy atom. The van der Waals surface area contributed by atoms with E-state index in [1.165, 1.54) is 6.42 Å². The fourth-order valence-electron chi connectivity index (χ4n) is 1.92. The summed E-state index contributed by atoms with van der Waals surface area (Å²) in [5.74, 6) is 2.31. The predicted molar refractivity (Wildman–Crippen MR) is 68.8 cm³/mol. The van der Waals surface area contributed by atoms with Crippen molar-refractivity contribution < 1.29 is 9.47 Å². The van der Waals surface area contributed by atoms with Crippen LogP contribution in [0.1, 0.15) is 13.3 Å². The smallest absolute Gasteiger partial charge is 0.231 e. The molecule has 17 heavy (non-hydrogen) atoms. The number of anilines is 1. The van der Waals surface area contributed by atoms with Crippen LogP contribution in [-0.2, 0) is 0 Å². The van der Waals surface area contributed by atoms with E-state index in [-0.39, 0.29) is 0 Å². The molecule has 0 aromatic heterocycles. The summed E-state index contributed by atoms with van der Waals surface area (Å²) in [5, 5.41) is 6.65. The maximum absolute atomic E-state index is 5.35. The van der Waals surface area contributed by atoms with Crippen molar-refractivity contribution in [3.05, 3.63) is 18.2 Å². The van der Waals surface area contributed by atoms with Crippen molar-refractivity contribution in [2.75, 3.05) is 32.2 Å². The van der Waals surface area contributed by atoms with Gasteiger partial charge in [-0.1, -0.05) is 13.3 Å². The SMILES string of the molecule is CCC(CNC)CNc1ccc2c(c1)OCO2. The molecule has 4 nitrogen and oxygen atoms in total. The van der Waals surface area contributed by atoms with Crippen LogP contribution in [0.5, 0.6) is 11.5 Å². The van der Waals surface area contributed by atoms with E-state index < -0.39 is 0 Å². The summed E-state index contributed by atoms with van der Waals surface area (Å²) in [6, 6.07) is 5.97. The first-order chi connectivity index (χ1) is 8.33. The van der Waals surface area contributed by atoms with Crippen LogP contribution in [0.4, 0.5) is 5.69 Å². The molecular formula is C13H20N2O2. The topological polar surface area (TPSA) is 42.5 Å². The monoisotopic (exact) mass is 236 g/mol. The van der Waals surface area contributed by atoms with E-state index in [0.717, 1.165) is 30.3 Å². The highest BCUT2D eigenvalue weighted by molar-refractivity contribution is 5.55. The molecule has 0 amide bonds. The zero-order chi connectivity index (χ0) is 12.1. The van der Waals surface area contributed by atoms with Gasteiger partial charge in [0.25, 0.3) is 0 Å². The van der Waals surface area contributed by atoms with Crippen LogP contribution in [0.2, 0.25) is 0 Å². The highest BCUT2D eigenvalue weighted by Crippen LogP contribution is 2.34. The van der Waals surface area contributed by atoms with Crippen LogP contribution in [-0.4, -0.2) is 26.9 Å². The first-order valence-electron chi connectivity index (χ1n) is 6.11. The van der Waals surface area contributed by atoms with Gasteiger partial charge in [0.2, 0.25) is 6.79 Å². The van der Waals surface area contributed by atoms with E-state index in [1.54, 1.807) is 0 Å². The van der Waals surface area contributed by atoms with E-state index in [2.05, 4.69) is 17.6 Å². The van der Waals surface area contributed by atoms with Crippen molar-refractivity contribution in [3.8, 4) is 11.5 Å². The molecule has 2 rings (SSSR count). The Morgan fingerprint density at radius 2 is 2.06 bits per heavy atom. The lowest BCUT2D eigenvalue weighted by Gasteiger charge is -2.16. The van der Waals surface area contributed by atoms with Gasteiger partial charge in [-0.3, -0.25) is 0 Å². The van der Waals surface area contributed by atoms with Gasteiger partial charge >= 0.3 is 0 Å². The molecule has 4 heteroatoms. The predicted octanol–water partition coefficient (Wildman–Crippen LogP) is 2.07. The minimum Gasteiger partial charge on any atom is -0.454 e. The number of rotatable bonds is 6. The molecule has 2 N–H and O–H groups in total. The summed E-state index contributed by atoms with van der Waals surface area (Å²) >= 11 is 0. The largest absolute Gasteiger partial charge is 0.454 e. The maximum Gasteiger partial charge on any atom is 0.231 e. The number of hydrogen-bond acceptors (Lipinski definition) is 4. The Kier molecular flexibility index (Phi) is 4.09. The normalized spacial score (nSPS) is 14.7. The number of fused-ring (bicyclic) bond motifs is 1. The van der Waals surface area contributed by atoms with Crippen molar-refractivity contribution in [1.82, 2.24) is 5.32 Å². The molecule has 0 bridgehead atoms. The quantitative estimate of drug-likeness (QED) is 0.793. The highest BCUT2D eigenvalue weighted by Gasteiger charge is 2.13. The molecular weight excluding hydrogens is 216 g/mol. The molecule has 0 saturated heterocycles. The van der Waals surface area contributed by atoms with Gasteiger partial charge in [0.1, 0.15) is 0 Å². The number of ether oxygens (including phenoxy) is 2. The fraction of sp³-hybridized carbons (Fsp3) is 0.538. The van der Waals surface area contributed by atoms with Crippen LogP contribution >= 0.6 is 0 Å². The van der Waals surface area contributed by atoms with Gasteiger partial charge in [-0.2, -0.15) is 0 Å². The minimum absolute atomic E-state index is 0.329. The van der Waals surface area contributed by atoms with Crippen molar-refractivity contribution in [1.29, 1.82) is 0 Å². The standard InChI is InChI=1S/C13H20N2O2/c1-3-10(7-14-2)8-15-11-4-5-12-13(6-11)17-9-16-12/h4-6,10,14-15H,3,7-9H2,1-2H3. The summed E-state index contributed by atoms with van der Waals surface area (Å²) in [6.45, 7) is 4.55. The minimum atomic E-state index is 0.329. The third-order valence-corrected chi connectivity index (χ3v) is 3.04. The van der Waals surface area contributed by atoms with Crippen LogP contribution in [0.3, 0.4) is 0 Å². The molecule has 0 fully saturated rings. The molecule has 0 aliphatic carbocycles. The fourth-order valence-corrected chi connectivity index (χ4v) is 1.92. The second-order valence-electron chi connectivity index (χ2n) is 4.28. The van der Waals surface area contributed by atoms with Gasteiger partial charge in [0.05, 0.1) is 0 Å². The molecule has 1 atom stereocenters. The summed E-state index contributed by atoms with van der Waals surface area (Å²) < 4.78 is 10.6. The van der Waals surface area contributed by atoms with Gasteiger partial charge in [-0.05, 0) is 31.6 Å². The number of nitrogens with one attached hydrogen (secondary N) is 2. The van der Waals surface area contributed by atoms with Crippen LogP contribution in [0, 0.1) is 5.92 Å². The Balaban J connectivity index is 1.90. The molecule has 94 valence electrons. The molecule has 1 aromatic carbocycles. The third-order valence-electron chi connectivity index (χ3n) is 3.04. The average Bonchev–Trinajstić information content (AvgIpc) is 2.81. The number of hydrogen-bond donors (Lipinski definition) is 2. The third kappa shape index (κ3) is 3.03. The van der Waals surface area contributed by atoms with Gasteiger partial charge in [-0.15, -0.1) is 0 Å². The Bertz CT molecular complexity index is 368. The summed E-state index contributed by atoms with van der Waals surface area (Å²) in [4.78, 5) is 0. The molecule has 1 aromatic rings. The van der Waals surface area contributed by atoms with E-state index in [0.29, 0.717) is 12.7 Å². The summed E-state index contributed by atoms with van der Waals surface area (Å²) in [7, 11) is 1.99. The van der Waals surface area contributed by atoms with Gasteiger partial charge in [-0.25, -0.2) is 0 Å². The molecule has 0 spiro atoms. The molecule has 0 radical (unpaired) electrons. The van der Waals surface area contributed by atoms with Crippen molar-refractivity contribution in [3.63, 3.8) is 0 Å². The van der Waals surface area contributed by atoms with Gasteiger partial charge in [0.15, 0.2) is 11.5 Å². The lowest BCUT2D eigenvalue weighted by Crippen LogP contribution is -2.24. The zero-order valence-corrected chi connectivity index (χ0v) is 10.5. The summed E-state index contributed by atoms with van der Waals surface area (Å²) in [6.07, 6.45) is 1.17. The van der Waals surface area contributed by atoms with Crippen LogP contribution in [0.15, 0.2) is 18.2 Å². The Labute approximate surface area is 102 Å². The molecule has 1 heterocycles. The molecule has 0 saturated carbocycles. The zero-order valence-electron chi connectivity index (χ0n) is 10.5. The van der Waals surface area contributed by atoms with Crippen molar-refractivity contribution >= 4 is 5.69 Å². The lowest BCUT2D eigenvalue weighted by atomic mass is 10.1. The van der Waals surface area contributed by atoms with Crippen molar-refractivity contribution in [2.24, 2.45) is 5.92 Å². The maximum atomic E-state index is 5.35. The van der Waals surface area contributed by atoms with E-state index in [9.17, 15) is 0 Å². The first kappa shape index (κ1) is 12.0. The van der Waals surface area contributed by atoms with Gasteiger partial charge in [0, 0.05) is 18.3 Å². The van der Waals surface area contributed by atoms with E-state index in [1.807, 2.05) is 25.2 Å². The molecule has 1 aliphatic heterocycles. The second kappa shape index (κ2) is 5.77. The Morgan fingerprint density at radius 1 is 1.24 bits per heavy atom. The van der Waals surface area contributed by atoms with Crippen molar-refractivity contribution in [2.45, 2.75) is 13.3 Å². The lowest BCUT2D eigenvalue weighted by molar-refractivity contribution is 0.174. The Hall–Kier alpha value is -1.42. The first-order valence-corrected chi connectivity index (χ1v) is 6.11. The van der Waals surface area contributed by atoms with E-state index in [4.69, 9.17) is 9.47 Å². The van der Waals surface area contributed by atoms with Crippen LogP contribution in [0.25, 0.3) is 0 Å². The molecule has 1 unspecified atom stereocenters. The average molecular weight is 236 g/mol. The van der Waals surface area contributed by atoms with Crippen LogP contribution < -0.4 is 20.1 Å². The van der Waals surface area contributed by atoms with E-state index >= 15 is 0 Å². The highest BCUT2D eigenvalue weighted by atomic mass is 16.7.